The maximum absolute atomic E-state index is 14.1. The predicted octanol–water partition coefficient (Wildman–Crippen LogP) is 5.14. The highest BCUT2D eigenvalue weighted by Crippen LogP contribution is 2.29. The second kappa shape index (κ2) is 13.4. The maximum Gasteiger partial charge on any atom is 0.264 e. The number of nitrogens with zero attached hydrogens (tertiary/aromatic N) is 2. The van der Waals surface area contributed by atoms with E-state index >= 15 is 0 Å². The minimum atomic E-state index is -4.08. The summed E-state index contributed by atoms with van der Waals surface area (Å²) >= 11 is 0. The summed E-state index contributed by atoms with van der Waals surface area (Å²) in [6.07, 6.45) is 1.16. The second-order valence-electron chi connectivity index (χ2n) is 9.71. The van der Waals surface area contributed by atoms with Crippen LogP contribution in [0.4, 0.5) is 5.69 Å². The van der Waals surface area contributed by atoms with Crippen molar-refractivity contribution in [3.05, 3.63) is 95.1 Å². The Balaban J connectivity index is 2.09. The molecule has 0 radical (unpaired) electrons. The van der Waals surface area contributed by atoms with E-state index < -0.39 is 28.5 Å². The highest BCUT2D eigenvalue weighted by atomic mass is 32.2. The molecular weight excluding hydrogens is 510 g/mol. The van der Waals surface area contributed by atoms with Crippen LogP contribution < -0.4 is 9.62 Å². The number of rotatable bonds is 12. The third kappa shape index (κ3) is 7.06. The van der Waals surface area contributed by atoms with Gasteiger partial charge in [0.15, 0.2) is 0 Å². The molecule has 0 spiro atoms. The van der Waals surface area contributed by atoms with E-state index in [1.807, 2.05) is 65.0 Å². The molecule has 0 saturated heterocycles. The zero-order valence-electron chi connectivity index (χ0n) is 23.5. The van der Waals surface area contributed by atoms with Crippen LogP contribution in [0, 0.1) is 20.8 Å². The van der Waals surface area contributed by atoms with Crippen molar-refractivity contribution in [2.75, 3.05) is 17.4 Å². The van der Waals surface area contributed by atoms with Crippen molar-refractivity contribution >= 4 is 27.5 Å². The van der Waals surface area contributed by atoms with Gasteiger partial charge in [0.2, 0.25) is 11.8 Å². The SMILES string of the molecule is CCCNC(=O)[C@@H](CC)N(Cc1ccccc1C)C(=O)CN(c1cccc(C)c1C)S(=O)(=O)c1ccccc1. The molecule has 3 aromatic rings. The molecule has 8 heteroatoms. The Labute approximate surface area is 232 Å². The number of amides is 2. The molecule has 3 aromatic carbocycles. The fourth-order valence-corrected chi connectivity index (χ4v) is 5.99. The Kier molecular flexibility index (Phi) is 10.3. The van der Waals surface area contributed by atoms with Crippen molar-refractivity contribution in [2.24, 2.45) is 0 Å². The monoisotopic (exact) mass is 549 g/mol. The normalized spacial score (nSPS) is 12.0. The number of benzene rings is 3. The molecule has 0 bridgehead atoms. The smallest absolute Gasteiger partial charge is 0.264 e. The highest BCUT2D eigenvalue weighted by molar-refractivity contribution is 7.92. The summed E-state index contributed by atoms with van der Waals surface area (Å²) in [6, 6.07) is 20.5. The Morgan fingerprint density at radius 3 is 2.13 bits per heavy atom. The number of sulfonamides is 1. The lowest BCUT2D eigenvalue weighted by Crippen LogP contribution is -2.52. The zero-order chi connectivity index (χ0) is 28.6. The molecule has 0 unspecified atom stereocenters. The van der Waals surface area contributed by atoms with E-state index in [1.54, 1.807) is 30.3 Å². The molecule has 1 N–H and O–H groups in total. The number of carbonyl (C=O) groups excluding carboxylic acids is 2. The van der Waals surface area contributed by atoms with Gasteiger partial charge in [0.1, 0.15) is 12.6 Å². The summed E-state index contributed by atoms with van der Waals surface area (Å²) in [7, 11) is -4.08. The number of aryl methyl sites for hydroxylation is 2. The number of hydrogen-bond donors (Lipinski definition) is 1. The van der Waals surface area contributed by atoms with Crippen LogP contribution in [0.15, 0.2) is 77.7 Å². The molecule has 7 nitrogen and oxygen atoms in total. The maximum atomic E-state index is 14.1. The predicted molar refractivity (Wildman–Crippen MR) is 156 cm³/mol. The van der Waals surface area contributed by atoms with Gasteiger partial charge in [-0.2, -0.15) is 0 Å². The summed E-state index contributed by atoms with van der Waals surface area (Å²) in [5.41, 5.74) is 4.00. The molecular formula is C31H39N3O4S. The van der Waals surface area contributed by atoms with E-state index in [0.29, 0.717) is 18.7 Å². The van der Waals surface area contributed by atoms with Crippen LogP contribution >= 0.6 is 0 Å². The van der Waals surface area contributed by atoms with E-state index in [-0.39, 0.29) is 17.3 Å². The number of nitrogens with one attached hydrogen (secondary N) is 1. The van der Waals surface area contributed by atoms with Crippen LogP contribution in [0.5, 0.6) is 0 Å². The Morgan fingerprint density at radius 1 is 0.846 bits per heavy atom. The van der Waals surface area contributed by atoms with Gasteiger partial charge in [0.05, 0.1) is 10.6 Å². The molecule has 1 atom stereocenters. The van der Waals surface area contributed by atoms with Gasteiger partial charge in [-0.25, -0.2) is 8.42 Å². The molecule has 0 fully saturated rings. The van der Waals surface area contributed by atoms with Crippen LogP contribution in [-0.2, 0) is 26.2 Å². The van der Waals surface area contributed by atoms with Crippen molar-refractivity contribution in [3.8, 4) is 0 Å². The summed E-state index contributed by atoms with van der Waals surface area (Å²) in [6.45, 7) is 9.79. The number of hydrogen-bond acceptors (Lipinski definition) is 4. The molecule has 2 amide bonds. The first-order chi connectivity index (χ1) is 18.6. The minimum absolute atomic E-state index is 0.0943. The summed E-state index contributed by atoms with van der Waals surface area (Å²) in [4.78, 5) is 28.9. The lowest BCUT2D eigenvalue weighted by molar-refractivity contribution is -0.140. The van der Waals surface area contributed by atoms with E-state index in [4.69, 9.17) is 0 Å². The van der Waals surface area contributed by atoms with Crippen LogP contribution in [0.2, 0.25) is 0 Å². The fourth-order valence-electron chi connectivity index (χ4n) is 4.50. The molecule has 0 heterocycles. The first-order valence-corrected chi connectivity index (χ1v) is 14.8. The van der Waals surface area contributed by atoms with Gasteiger partial charge in [-0.3, -0.25) is 13.9 Å². The molecule has 0 aliphatic heterocycles. The third-order valence-corrected chi connectivity index (χ3v) is 8.77. The van der Waals surface area contributed by atoms with Gasteiger partial charge in [-0.05, 0) is 74.1 Å². The van der Waals surface area contributed by atoms with Gasteiger partial charge < -0.3 is 10.2 Å². The molecule has 208 valence electrons. The van der Waals surface area contributed by atoms with Crippen molar-refractivity contribution in [1.82, 2.24) is 10.2 Å². The summed E-state index contributed by atoms with van der Waals surface area (Å²) in [5.74, 6) is -0.692. The fraction of sp³-hybridized carbons (Fsp3) is 0.355. The van der Waals surface area contributed by atoms with Gasteiger partial charge in [0, 0.05) is 13.1 Å². The molecule has 0 aliphatic rings. The number of carbonyl (C=O) groups is 2. The average Bonchev–Trinajstić information content (AvgIpc) is 2.93. The lowest BCUT2D eigenvalue weighted by atomic mass is 10.1. The molecule has 0 aromatic heterocycles. The first kappa shape index (κ1) is 29.9. The third-order valence-electron chi connectivity index (χ3n) is 6.99. The van der Waals surface area contributed by atoms with Gasteiger partial charge >= 0.3 is 0 Å². The standard InChI is InChI=1S/C31H39N3O4S/c1-6-20-32-31(36)28(7-2)33(21-26-16-12-11-14-24(26)4)30(35)22-34(29-19-13-15-23(3)25(29)5)39(37,38)27-17-9-8-10-18-27/h8-19,28H,6-7,20-22H2,1-5H3,(H,32,36)/t28-/m1/s1. The van der Waals surface area contributed by atoms with E-state index in [9.17, 15) is 18.0 Å². The minimum Gasteiger partial charge on any atom is -0.354 e. The molecule has 0 aliphatic carbocycles. The van der Waals surface area contributed by atoms with Crippen LogP contribution in [-0.4, -0.2) is 44.3 Å². The quantitative estimate of drug-likeness (QED) is 0.339. The van der Waals surface area contributed by atoms with Gasteiger partial charge in [-0.1, -0.05) is 68.4 Å². The Bertz CT molecular complexity index is 1390. The summed E-state index contributed by atoms with van der Waals surface area (Å²) < 4.78 is 29.1. The van der Waals surface area contributed by atoms with Crippen molar-refractivity contribution in [2.45, 2.75) is 64.9 Å². The summed E-state index contributed by atoms with van der Waals surface area (Å²) in [5, 5.41) is 2.91. The Hall–Kier alpha value is -3.65. The topological polar surface area (TPSA) is 86.8 Å². The zero-order valence-corrected chi connectivity index (χ0v) is 24.3. The Morgan fingerprint density at radius 2 is 1.49 bits per heavy atom. The highest BCUT2D eigenvalue weighted by Gasteiger charge is 2.34. The van der Waals surface area contributed by atoms with E-state index in [0.717, 1.165) is 28.7 Å². The second-order valence-corrected chi connectivity index (χ2v) is 11.6. The van der Waals surface area contributed by atoms with E-state index in [1.165, 1.54) is 21.3 Å². The van der Waals surface area contributed by atoms with Crippen molar-refractivity contribution in [1.29, 1.82) is 0 Å². The largest absolute Gasteiger partial charge is 0.354 e. The van der Waals surface area contributed by atoms with Gasteiger partial charge in [0.25, 0.3) is 10.0 Å². The molecule has 3 rings (SSSR count). The van der Waals surface area contributed by atoms with Crippen LogP contribution in [0.3, 0.4) is 0 Å². The molecule has 0 saturated carbocycles. The van der Waals surface area contributed by atoms with Crippen LogP contribution in [0.25, 0.3) is 0 Å². The van der Waals surface area contributed by atoms with Crippen LogP contribution in [0.1, 0.15) is 48.9 Å². The van der Waals surface area contributed by atoms with Gasteiger partial charge in [-0.15, -0.1) is 0 Å². The van der Waals surface area contributed by atoms with Crippen molar-refractivity contribution < 1.29 is 18.0 Å². The number of anilines is 1. The van der Waals surface area contributed by atoms with E-state index in [2.05, 4.69) is 5.32 Å². The first-order valence-electron chi connectivity index (χ1n) is 13.4. The van der Waals surface area contributed by atoms with Crippen molar-refractivity contribution in [3.63, 3.8) is 0 Å². The average molecular weight is 550 g/mol. The lowest BCUT2D eigenvalue weighted by Gasteiger charge is -2.34. The molecule has 39 heavy (non-hydrogen) atoms.